The third kappa shape index (κ3) is 1.49. The third-order valence-electron chi connectivity index (χ3n) is 0.758. The highest BCUT2D eigenvalue weighted by atomic mass is 16.1. The molecule has 1 rings (SSSR count). The van der Waals surface area contributed by atoms with E-state index in [-0.39, 0.29) is 0 Å². The van der Waals surface area contributed by atoms with Crippen LogP contribution < -0.4 is 0 Å². The Kier molecular flexibility index (Phi) is 1.74. The van der Waals surface area contributed by atoms with Crippen molar-refractivity contribution in [2.45, 2.75) is 0 Å². The topological polar surface area (TPSA) is 47.8 Å². The fourth-order valence-corrected chi connectivity index (χ4v) is 0.420. The molecule has 0 N–H and O–H groups in total. The van der Waals surface area contributed by atoms with Crippen molar-refractivity contribution >= 4 is 12.5 Å². The van der Waals surface area contributed by atoms with Crippen LogP contribution in [0.25, 0.3) is 6.20 Å². The van der Waals surface area contributed by atoms with E-state index in [2.05, 4.69) is 10.3 Å². The lowest BCUT2D eigenvalue weighted by Gasteiger charge is -1.80. The number of rotatable bonds is 2. The lowest BCUT2D eigenvalue weighted by Crippen LogP contribution is -1.85. The number of hydrogen-bond donors (Lipinski definition) is 0. The Balaban J connectivity index is 2.67. The fourth-order valence-electron chi connectivity index (χ4n) is 0.420. The van der Waals surface area contributed by atoms with Crippen molar-refractivity contribution in [3.63, 3.8) is 0 Å². The highest BCUT2D eigenvalue weighted by molar-refractivity contribution is 5.69. The van der Waals surface area contributed by atoms with Gasteiger partial charge in [-0.3, -0.25) is 4.79 Å². The number of nitrogens with zero attached hydrogens (tertiary/aromatic N) is 3. The lowest BCUT2D eigenvalue weighted by atomic mass is 10.7. The maximum absolute atomic E-state index is 9.75. The molecular weight excluding hydrogens is 118 g/mol. The van der Waals surface area contributed by atoms with Crippen LogP contribution in [0.5, 0.6) is 0 Å². The second kappa shape index (κ2) is 2.76. The van der Waals surface area contributed by atoms with E-state index in [0.29, 0.717) is 6.29 Å². The van der Waals surface area contributed by atoms with E-state index in [0.717, 1.165) is 0 Å². The molecule has 46 valence electrons. The number of aromatic nitrogens is 3. The molecule has 0 atom stereocenters. The summed E-state index contributed by atoms with van der Waals surface area (Å²) in [5.74, 6) is 0. The number of allylic oxidation sites excluding steroid dienone is 1. The lowest BCUT2D eigenvalue weighted by molar-refractivity contribution is -0.104. The summed E-state index contributed by atoms with van der Waals surface area (Å²) in [6.07, 6.45) is 6.71. The van der Waals surface area contributed by atoms with Gasteiger partial charge in [-0.1, -0.05) is 5.21 Å². The molecule has 1 aromatic heterocycles. The van der Waals surface area contributed by atoms with Crippen molar-refractivity contribution in [2.24, 2.45) is 0 Å². The molecule has 1 aromatic rings. The van der Waals surface area contributed by atoms with Gasteiger partial charge >= 0.3 is 0 Å². The first-order chi connectivity index (χ1) is 4.43. The van der Waals surface area contributed by atoms with E-state index in [9.17, 15) is 4.79 Å². The summed E-state index contributed by atoms with van der Waals surface area (Å²) in [4.78, 5) is 9.75. The van der Waals surface area contributed by atoms with Gasteiger partial charge in [-0.15, -0.1) is 5.10 Å². The van der Waals surface area contributed by atoms with Crippen LogP contribution in [0.15, 0.2) is 18.5 Å². The predicted octanol–water partition coefficient (Wildman–Crippen LogP) is -0.0523. The van der Waals surface area contributed by atoms with Gasteiger partial charge in [-0.2, -0.15) is 0 Å². The highest BCUT2D eigenvalue weighted by Gasteiger charge is 1.78. The molecule has 9 heavy (non-hydrogen) atoms. The van der Waals surface area contributed by atoms with Crippen molar-refractivity contribution in [1.29, 1.82) is 0 Å². The van der Waals surface area contributed by atoms with Gasteiger partial charge < -0.3 is 0 Å². The Bertz CT molecular complexity index is 202. The van der Waals surface area contributed by atoms with Gasteiger partial charge in [0.05, 0.1) is 12.4 Å². The molecule has 0 radical (unpaired) electrons. The Morgan fingerprint density at radius 1 is 1.56 bits per heavy atom. The molecule has 0 spiro atoms. The van der Waals surface area contributed by atoms with E-state index in [4.69, 9.17) is 0 Å². The molecule has 0 amide bonds. The number of carbonyl (C=O) groups excluding carboxylic acids is 1. The molecule has 0 saturated carbocycles. The monoisotopic (exact) mass is 123 g/mol. The Morgan fingerprint density at radius 2 is 2.44 bits per heavy atom. The van der Waals surface area contributed by atoms with Crippen LogP contribution >= 0.6 is 0 Å². The molecule has 0 aliphatic carbocycles. The first kappa shape index (κ1) is 5.68. The van der Waals surface area contributed by atoms with Crippen molar-refractivity contribution < 1.29 is 4.79 Å². The van der Waals surface area contributed by atoms with Crippen LogP contribution in [0.2, 0.25) is 0 Å². The van der Waals surface area contributed by atoms with Gasteiger partial charge in [-0.05, 0) is 6.08 Å². The van der Waals surface area contributed by atoms with Crippen LogP contribution in [-0.2, 0) is 4.79 Å². The van der Waals surface area contributed by atoms with Crippen LogP contribution in [0.3, 0.4) is 0 Å². The van der Waals surface area contributed by atoms with Crippen LogP contribution in [0.1, 0.15) is 0 Å². The van der Waals surface area contributed by atoms with Gasteiger partial charge in [0.2, 0.25) is 0 Å². The van der Waals surface area contributed by atoms with E-state index >= 15 is 0 Å². The first-order valence-corrected chi connectivity index (χ1v) is 2.41. The zero-order chi connectivity index (χ0) is 6.53. The van der Waals surface area contributed by atoms with Crippen molar-refractivity contribution in [3.05, 3.63) is 18.5 Å². The summed E-state index contributed by atoms with van der Waals surface area (Å²) >= 11 is 0. The molecule has 0 aliphatic rings. The minimum Gasteiger partial charge on any atom is -0.299 e. The minimum absolute atomic E-state index is 0.682. The Hall–Kier alpha value is -1.45. The Morgan fingerprint density at radius 3 is 3.00 bits per heavy atom. The van der Waals surface area contributed by atoms with E-state index in [1.807, 2.05) is 0 Å². The van der Waals surface area contributed by atoms with Gasteiger partial charge in [-0.25, -0.2) is 4.68 Å². The molecule has 4 nitrogen and oxygen atoms in total. The highest BCUT2D eigenvalue weighted by Crippen LogP contribution is 1.79. The Labute approximate surface area is 51.8 Å². The van der Waals surface area contributed by atoms with Crippen LogP contribution in [0, 0.1) is 0 Å². The maximum Gasteiger partial charge on any atom is 0.144 e. The summed E-state index contributed by atoms with van der Waals surface area (Å²) in [5, 5.41) is 7.10. The molecule has 0 unspecified atom stereocenters. The fraction of sp³-hybridized carbons (Fsp3) is 0. The average Bonchev–Trinajstić information content (AvgIpc) is 2.34. The second-order valence-corrected chi connectivity index (χ2v) is 1.36. The summed E-state index contributed by atoms with van der Waals surface area (Å²) in [6.45, 7) is 0. The van der Waals surface area contributed by atoms with Gasteiger partial charge in [0.1, 0.15) is 6.29 Å². The predicted molar refractivity (Wildman–Crippen MR) is 31.4 cm³/mol. The molecule has 0 aromatic carbocycles. The summed E-state index contributed by atoms with van der Waals surface area (Å²) in [7, 11) is 0. The van der Waals surface area contributed by atoms with Gasteiger partial charge in [0.25, 0.3) is 0 Å². The van der Waals surface area contributed by atoms with Crippen LogP contribution in [-0.4, -0.2) is 21.3 Å². The zero-order valence-corrected chi connectivity index (χ0v) is 4.64. The largest absolute Gasteiger partial charge is 0.299 e. The van der Waals surface area contributed by atoms with Crippen molar-refractivity contribution in [2.75, 3.05) is 0 Å². The number of aldehydes is 1. The van der Waals surface area contributed by atoms with Crippen molar-refractivity contribution in [3.8, 4) is 0 Å². The van der Waals surface area contributed by atoms with Gasteiger partial charge in [0.15, 0.2) is 0 Å². The normalized spacial score (nSPS) is 10.2. The molecule has 1 heterocycles. The standard InChI is InChI=1S/C5H5N3O/c9-5-1-3-8-4-2-6-7-8/h1-5H/b3-1+. The molecule has 0 aliphatic heterocycles. The minimum atomic E-state index is 0.682. The SMILES string of the molecule is O=C/C=C/n1ccnn1. The first-order valence-electron chi connectivity index (χ1n) is 2.41. The smallest absolute Gasteiger partial charge is 0.144 e. The summed E-state index contributed by atoms with van der Waals surface area (Å²) in [6, 6.07) is 0. The third-order valence-corrected chi connectivity index (χ3v) is 0.758. The average molecular weight is 123 g/mol. The molecule has 0 bridgehead atoms. The van der Waals surface area contributed by atoms with E-state index in [1.165, 1.54) is 23.2 Å². The molecule has 4 heteroatoms. The van der Waals surface area contributed by atoms with Crippen molar-refractivity contribution in [1.82, 2.24) is 15.0 Å². The summed E-state index contributed by atoms with van der Waals surface area (Å²) < 4.78 is 1.44. The molecule has 0 fully saturated rings. The van der Waals surface area contributed by atoms with Crippen LogP contribution in [0.4, 0.5) is 0 Å². The van der Waals surface area contributed by atoms with E-state index < -0.39 is 0 Å². The maximum atomic E-state index is 9.75. The zero-order valence-electron chi connectivity index (χ0n) is 4.64. The quantitative estimate of drug-likeness (QED) is 0.409. The second-order valence-electron chi connectivity index (χ2n) is 1.36. The number of carbonyl (C=O) groups is 1. The van der Waals surface area contributed by atoms with E-state index in [1.54, 1.807) is 6.20 Å². The molecular formula is C5H5N3O. The summed E-state index contributed by atoms with van der Waals surface area (Å²) in [5.41, 5.74) is 0. The number of hydrogen-bond acceptors (Lipinski definition) is 3. The van der Waals surface area contributed by atoms with Gasteiger partial charge in [0, 0.05) is 6.20 Å². The molecule has 0 saturated heterocycles.